The Morgan fingerprint density at radius 3 is 1.61 bits per heavy atom. The highest BCUT2D eigenvalue weighted by atomic mass is 15.1. The molecule has 254 valence electrons. The number of fused-ring (bicyclic) bond motifs is 5. The van der Waals surface area contributed by atoms with Crippen molar-refractivity contribution in [2.75, 3.05) is 4.90 Å². The molecule has 54 heavy (non-hydrogen) atoms. The largest absolute Gasteiger partial charge is 0.310 e. The van der Waals surface area contributed by atoms with E-state index >= 15 is 0 Å². The zero-order valence-corrected chi connectivity index (χ0v) is 29.7. The Labute approximate surface area is 315 Å². The molecule has 2 heteroatoms. The molecule has 0 aliphatic rings. The van der Waals surface area contributed by atoms with E-state index in [2.05, 4.69) is 228 Å². The third kappa shape index (κ3) is 5.44. The van der Waals surface area contributed by atoms with E-state index in [4.69, 9.17) is 0 Å². The molecule has 0 fully saturated rings. The van der Waals surface area contributed by atoms with Crippen molar-refractivity contribution in [3.63, 3.8) is 0 Å². The molecule has 0 saturated heterocycles. The van der Waals surface area contributed by atoms with Crippen LogP contribution < -0.4 is 4.90 Å². The molecule has 2 nitrogen and oxygen atoms in total. The average Bonchev–Trinajstić information content (AvgIpc) is 3.61. The van der Waals surface area contributed by atoms with Crippen LogP contribution in [0.5, 0.6) is 0 Å². The summed E-state index contributed by atoms with van der Waals surface area (Å²) in [6, 6.07) is 78.7. The van der Waals surface area contributed by atoms with Gasteiger partial charge in [0, 0.05) is 38.9 Å². The fourth-order valence-electron chi connectivity index (χ4n) is 8.14. The number of hydrogen-bond acceptors (Lipinski definition) is 1. The van der Waals surface area contributed by atoms with Gasteiger partial charge in [0.2, 0.25) is 0 Å². The lowest BCUT2D eigenvalue weighted by molar-refractivity contribution is 1.19. The molecule has 0 bridgehead atoms. The highest BCUT2D eigenvalue weighted by Crippen LogP contribution is 2.44. The van der Waals surface area contributed by atoms with E-state index in [-0.39, 0.29) is 0 Å². The van der Waals surface area contributed by atoms with Gasteiger partial charge < -0.3 is 9.47 Å². The Morgan fingerprint density at radius 2 is 0.870 bits per heavy atom. The lowest BCUT2D eigenvalue weighted by Crippen LogP contribution is -2.09. The molecular formula is C52H36N2. The first-order chi connectivity index (χ1) is 26.8. The van der Waals surface area contributed by atoms with Gasteiger partial charge in [-0.1, -0.05) is 158 Å². The number of nitrogens with zero attached hydrogens (tertiary/aromatic N) is 2. The number of anilines is 3. The highest BCUT2D eigenvalue weighted by molar-refractivity contribution is 6.24. The van der Waals surface area contributed by atoms with Crippen molar-refractivity contribution in [2.45, 2.75) is 0 Å². The summed E-state index contributed by atoms with van der Waals surface area (Å²) in [6.07, 6.45) is 0. The third-order valence-electron chi connectivity index (χ3n) is 10.6. The van der Waals surface area contributed by atoms with E-state index in [1.807, 2.05) is 0 Å². The second kappa shape index (κ2) is 13.4. The van der Waals surface area contributed by atoms with Gasteiger partial charge in [-0.15, -0.1) is 0 Å². The molecule has 0 atom stereocenters. The van der Waals surface area contributed by atoms with Gasteiger partial charge in [-0.25, -0.2) is 0 Å². The van der Waals surface area contributed by atoms with E-state index in [1.54, 1.807) is 0 Å². The van der Waals surface area contributed by atoms with E-state index in [1.165, 1.54) is 66.0 Å². The summed E-state index contributed by atoms with van der Waals surface area (Å²) >= 11 is 0. The predicted octanol–water partition coefficient (Wildman–Crippen LogP) is 14.4. The molecule has 0 N–H and O–H groups in total. The van der Waals surface area contributed by atoms with Crippen molar-refractivity contribution in [1.82, 2.24) is 4.57 Å². The fraction of sp³-hybridized carbons (Fsp3) is 0. The molecule has 0 aliphatic heterocycles. The first-order valence-corrected chi connectivity index (χ1v) is 18.5. The lowest BCUT2D eigenvalue weighted by Gasteiger charge is -2.26. The van der Waals surface area contributed by atoms with Crippen LogP contribution >= 0.6 is 0 Å². The Hall–Kier alpha value is -7.16. The number of aromatic nitrogens is 1. The molecule has 1 aromatic heterocycles. The molecule has 1 heterocycles. The lowest BCUT2D eigenvalue weighted by atomic mass is 9.94. The zero-order valence-electron chi connectivity index (χ0n) is 29.7. The second-order valence-electron chi connectivity index (χ2n) is 13.7. The van der Waals surface area contributed by atoms with Gasteiger partial charge in [0.25, 0.3) is 0 Å². The van der Waals surface area contributed by atoms with Crippen LogP contribution in [0.15, 0.2) is 218 Å². The standard InChI is InChI=1S/C52H36N2/c1-4-17-37(18-5-1)45-26-12-13-27-46(45)38-31-33-43(34-32-38)53(41-21-6-2-7-22-41)44-25-16-20-39(35-44)49-36-40-19-10-11-28-47(40)52-51(49)48-29-14-15-30-50(48)54(52)42-23-8-3-9-24-42/h1-36H. The molecule has 0 amide bonds. The molecule has 9 aromatic carbocycles. The smallest absolute Gasteiger partial charge is 0.0625 e. The van der Waals surface area contributed by atoms with Gasteiger partial charge in [0.15, 0.2) is 0 Å². The Bertz CT molecular complexity index is 2910. The number of rotatable bonds is 7. The van der Waals surface area contributed by atoms with Crippen molar-refractivity contribution in [3.8, 4) is 39.1 Å². The molecule has 0 radical (unpaired) electrons. The van der Waals surface area contributed by atoms with Gasteiger partial charge in [-0.3, -0.25) is 0 Å². The van der Waals surface area contributed by atoms with Gasteiger partial charge in [0.1, 0.15) is 0 Å². The highest BCUT2D eigenvalue weighted by Gasteiger charge is 2.20. The summed E-state index contributed by atoms with van der Waals surface area (Å²) in [4.78, 5) is 2.36. The van der Waals surface area contributed by atoms with Crippen LogP contribution in [0.3, 0.4) is 0 Å². The van der Waals surface area contributed by atoms with Crippen molar-refractivity contribution >= 4 is 49.6 Å². The van der Waals surface area contributed by atoms with Gasteiger partial charge in [-0.2, -0.15) is 0 Å². The average molecular weight is 689 g/mol. The summed E-state index contributed by atoms with van der Waals surface area (Å²) in [6.45, 7) is 0. The Morgan fingerprint density at radius 1 is 0.333 bits per heavy atom. The van der Waals surface area contributed by atoms with Crippen LogP contribution in [0.4, 0.5) is 17.1 Å². The SMILES string of the molecule is c1ccc(-c2ccccc2-c2ccc(N(c3ccccc3)c3cccc(-c4cc5ccccc5c5c4c4ccccc4n5-c4ccccc4)c3)cc2)cc1. The van der Waals surface area contributed by atoms with Crippen molar-refractivity contribution < 1.29 is 0 Å². The van der Waals surface area contributed by atoms with Crippen LogP contribution in [-0.4, -0.2) is 4.57 Å². The van der Waals surface area contributed by atoms with Crippen molar-refractivity contribution in [1.29, 1.82) is 0 Å². The summed E-state index contributed by atoms with van der Waals surface area (Å²) in [5.41, 5.74) is 14.1. The number of para-hydroxylation sites is 3. The molecule has 0 aliphatic carbocycles. The molecule has 0 saturated carbocycles. The van der Waals surface area contributed by atoms with Gasteiger partial charge in [-0.05, 0) is 99.4 Å². The van der Waals surface area contributed by atoms with Crippen LogP contribution in [-0.2, 0) is 0 Å². The minimum atomic E-state index is 1.10. The van der Waals surface area contributed by atoms with Crippen LogP contribution in [0.2, 0.25) is 0 Å². The topological polar surface area (TPSA) is 8.17 Å². The maximum atomic E-state index is 2.44. The molecule has 0 unspecified atom stereocenters. The fourth-order valence-corrected chi connectivity index (χ4v) is 8.14. The van der Waals surface area contributed by atoms with Crippen LogP contribution in [0, 0.1) is 0 Å². The first-order valence-electron chi connectivity index (χ1n) is 18.5. The normalized spacial score (nSPS) is 11.3. The van der Waals surface area contributed by atoms with E-state index < -0.39 is 0 Å². The summed E-state index contributed by atoms with van der Waals surface area (Å²) in [5.74, 6) is 0. The van der Waals surface area contributed by atoms with Gasteiger partial charge >= 0.3 is 0 Å². The van der Waals surface area contributed by atoms with Crippen molar-refractivity contribution in [2.24, 2.45) is 0 Å². The second-order valence-corrected chi connectivity index (χ2v) is 13.7. The van der Waals surface area contributed by atoms with Gasteiger partial charge in [0.05, 0.1) is 11.0 Å². The first kappa shape index (κ1) is 31.6. The maximum absolute atomic E-state index is 2.44. The maximum Gasteiger partial charge on any atom is 0.0625 e. The third-order valence-corrected chi connectivity index (χ3v) is 10.6. The minimum absolute atomic E-state index is 1.10. The minimum Gasteiger partial charge on any atom is -0.310 e. The van der Waals surface area contributed by atoms with Crippen LogP contribution in [0.25, 0.3) is 71.6 Å². The number of hydrogen-bond donors (Lipinski definition) is 0. The summed E-state index contributed by atoms with van der Waals surface area (Å²) in [7, 11) is 0. The van der Waals surface area contributed by atoms with E-state index in [0.717, 1.165) is 22.7 Å². The van der Waals surface area contributed by atoms with Crippen molar-refractivity contribution in [3.05, 3.63) is 218 Å². The molecule has 10 aromatic rings. The molecule has 10 rings (SSSR count). The Balaban J connectivity index is 1.15. The summed E-state index contributed by atoms with van der Waals surface area (Å²) in [5, 5.41) is 4.97. The Kier molecular flexibility index (Phi) is 7.85. The van der Waals surface area contributed by atoms with E-state index in [9.17, 15) is 0 Å². The zero-order chi connectivity index (χ0) is 35.8. The molecular weight excluding hydrogens is 653 g/mol. The monoisotopic (exact) mass is 688 g/mol. The predicted molar refractivity (Wildman–Crippen MR) is 229 cm³/mol. The van der Waals surface area contributed by atoms with Crippen LogP contribution in [0.1, 0.15) is 0 Å². The van der Waals surface area contributed by atoms with E-state index in [0.29, 0.717) is 0 Å². The quantitative estimate of drug-likeness (QED) is 0.162. The number of benzene rings is 9. The molecule has 0 spiro atoms. The summed E-state index contributed by atoms with van der Waals surface area (Å²) < 4.78 is 2.44.